The molecular weight excluding hydrogens is 242 g/mol. The van der Waals surface area contributed by atoms with Crippen molar-refractivity contribution >= 4 is 24.5 Å². The number of hydrogen-bond acceptors (Lipinski definition) is 2. The zero-order valence-electron chi connectivity index (χ0n) is 7.64. The van der Waals surface area contributed by atoms with Gasteiger partial charge in [0.15, 0.2) is 0 Å². The molecule has 0 saturated carbocycles. The molecule has 2 nitrogen and oxygen atoms in total. The molecule has 0 amide bonds. The summed E-state index contributed by atoms with van der Waals surface area (Å²) >= 11 is -0.377. The third kappa shape index (κ3) is 6.97. The van der Waals surface area contributed by atoms with Crippen LogP contribution in [0.5, 0.6) is 0 Å². The molecule has 0 unspecified atom stereocenters. The van der Waals surface area contributed by atoms with Crippen LogP contribution in [0.25, 0.3) is 0 Å². The molecule has 0 aliphatic heterocycles. The van der Waals surface area contributed by atoms with Crippen molar-refractivity contribution in [2.45, 2.75) is 38.9 Å². The Bertz CT molecular complexity index is 197. The Morgan fingerprint density at radius 1 is 1.25 bits per heavy atom. The summed E-state index contributed by atoms with van der Waals surface area (Å²) in [7, 11) is 5.45. The van der Waals surface area contributed by atoms with Crippen molar-refractivity contribution in [2.75, 3.05) is 0 Å². The van der Waals surface area contributed by atoms with Gasteiger partial charge in [0, 0.05) is 0 Å². The van der Waals surface area contributed by atoms with Crippen LogP contribution in [0.2, 0.25) is 0 Å². The molecule has 0 aliphatic carbocycles. The van der Waals surface area contributed by atoms with Crippen LogP contribution in [-0.2, 0) is 3.82 Å². The molecule has 0 rings (SSSR count). The van der Waals surface area contributed by atoms with E-state index in [2.05, 4.69) is 11.8 Å². The molecule has 0 fully saturated rings. The van der Waals surface area contributed by atoms with Gasteiger partial charge in [-0.3, -0.25) is 0 Å². The first-order valence-corrected chi connectivity index (χ1v) is 6.45. The minimum atomic E-state index is -0.972. The Balaban J connectivity index is 4.28. The molecule has 0 radical (unpaired) electrons. The van der Waals surface area contributed by atoms with Gasteiger partial charge in [-0.25, -0.2) is 0 Å². The topological polar surface area (TPSA) is 29.5 Å². The monoisotopic (exact) mass is 256 g/mol. The van der Waals surface area contributed by atoms with E-state index in [1.54, 1.807) is 13.8 Å². The van der Waals surface area contributed by atoms with Gasteiger partial charge >= 0.3 is 84.1 Å². The van der Waals surface area contributed by atoms with E-state index in [1.807, 2.05) is 13.8 Å². The molecular formula is C8H13ClO2Se. The molecule has 0 aromatic heterocycles. The molecule has 0 heterocycles. The second kappa shape index (κ2) is 4.50. The molecule has 0 spiro atoms. The van der Waals surface area contributed by atoms with Gasteiger partial charge in [-0.2, -0.15) is 0 Å². The van der Waals surface area contributed by atoms with Crippen LogP contribution in [0, 0.1) is 11.8 Å². The van der Waals surface area contributed by atoms with Crippen molar-refractivity contribution in [3.8, 4) is 11.8 Å². The summed E-state index contributed by atoms with van der Waals surface area (Å²) in [4.78, 5) is 0. The van der Waals surface area contributed by atoms with Gasteiger partial charge in [-0.15, -0.1) is 0 Å². The summed E-state index contributed by atoms with van der Waals surface area (Å²) < 4.78 is 5.17. The predicted octanol–water partition coefficient (Wildman–Crippen LogP) is 1.33. The van der Waals surface area contributed by atoms with Gasteiger partial charge in [-0.05, 0) is 0 Å². The Labute approximate surface area is 84.3 Å². The Morgan fingerprint density at radius 2 is 1.75 bits per heavy atom. The van der Waals surface area contributed by atoms with Crippen LogP contribution in [0.3, 0.4) is 0 Å². The third-order valence-corrected chi connectivity index (χ3v) is 2.24. The van der Waals surface area contributed by atoms with Gasteiger partial charge in [0.05, 0.1) is 0 Å². The van der Waals surface area contributed by atoms with E-state index in [0.29, 0.717) is 0 Å². The van der Waals surface area contributed by atoms with Crippen LogP contribution in [0.15, 0.2) is 0 Å². The molecule has 12 heavy (non-hydrogen) atoms. The Kier molecular flexibility index (Phi) is 4.61. The molecule has 0 bridgehead atoms. The van der Waals surface area contributed by atoms with Gasteiger partial charge < -0.3 is 0 Å². The number of hydrogen-bond donors (Lipinski definition) is 1. The summed E-state index contributed by atoms with van der Waals surface area (Å²) in [5, 5.41) is 9.29. The second-order valence-electron chi connectivity index (χ2n) is 3.47. The molecule has 0 aromatic rings. The van der Waals surface area contributed by atoms with Gasteiger partial charge in [0.1, 0.15) is 0 Å². The van der Waals surface area contributed by atoms with Crippen LogP contribution in [0.4, 0.5) is 0 Å². The molecule has 70 valence electrons. The number of halogens is 1. The normalized spacial score (nSPS) is 12.2. The van der Waals surface area contributed by atoms with Crippen LogP contribution in [-0.4, -0.2) is 30.7 Å². The first-order valence-electron chi connectivity index (χ1n) is 3.50. The molecule has 1 N–H and O–H groups in total. The standard InChI is InChI=1S/C8H13ClO2Se/c1-7(2,10)5-6-8(3,4)11-12-9/h10H,1-4H3. The summed E-state index contributed by atoms with van der Waals surface area (Å²) in [6.45, 7) is 6.88. The number of rotatable bonds is 2. The van der Waals surface area contributed by atoms with E-state index in [4.69, 9.17) is 13.9 Å². The van der Waals surface area contributed by atoms with E-state index >= 15 is 0 Å². The zero-order valence-corrected chi connectivity index (χ0v) is 10.1. The summed E-state index contributed by atoms with van der Waals surface area (Å²) in [6, 6.07) is 0. The fraction of sp³-hybridized carbons (Fsp3) is 0.750. The number of aliphatic hydroxyl groups is 1. The van der Waals surface area contributed by atoms with Crippen LogP contribution >= 0.6 is 10.1 Å². The van der Waals surface area contributed by atoms with E-state index in [-0.39, 0.29) is 14.4 Å². The van der Waals surface area contributed by atoms with Crippen LogP contribution in [0.1, 0.15) is 27.7 Å². The van der Waals surface area contributed by atoms with Crippen molar-refractivity contribution in [1.82, 2.24) is 0 Å². The SMILES string of the molecule is CC(C)(O)C#CC(C)(C)O[Se]Cl. The van der Waals surface area contributed by atoms with E-state index < -0.39 is 11.2 Å². The molecule has 0 aliphatic rings. The summed E-state index contributed by atoms with van der Waals surface area (Å²) in [5.74, 6) is 5.49. The average Bonchev–Trinajstić information content (AvgIpc) is 1.83. The van der Waals surface area contributed by atoms with E-state index in [0.717, 1.165) is 0 Å². The fourth-order valence-electron chi connectivity index (χ4n) is 0.403. The first kappa shape index (κ1) is 12.3. The van der Waals surface area contributed by atoms with Crippen molar-refractivity contribution in [3.05, 3.63) is 0 Å². The first-order chi connectivity index (χ1) is 5.27. The van der Waals surface area contributed by atoms with Crippen LogP contribution < -0.4 is 0 Å². The van der Waals surface area contributed by atoms with E-state index in [9.17, 15) is 5.11 Å². The fourth-order valence-corrected chi connectivity index (χ4v) is 1.64. The van der Waals surface area contributed by atoms with Crippen molar-refractivity contribution in [1.29, 1.82) is 0 Å². The molecule has 0 aromatic carbocycles. The van der Waals surface area contributed by atoms with Gasteiger partial charge in [0.2, 0.25) is 0 Å². The summed E-state index contributed by atoms with van der Waals surface area (Å²) in [6.07, 6.45) is 0. The van der Waals surface area contributed by atoms with E-state index in [1.165, 1.54) is 0 Å². The Morgan fingerprint density at radius 3 is 2.08 bits per heavy atom. The van der Waals surface area contributed by atoms with Crippen molar-refractivity contribution < 1.29 is 8.93 Å². The summed E-state index contributed by atoms with van der Waals surface area (Å²) in [5.41, 5.74) is -1.54. The predicted molar refractivity (Wildman–Crippen MR) is 50.8 cm³/mol. The zero-order chi connectivity index (χ0) is 9.83. The van der Waals surface area contributed by atoms with Gasteiger partial charge in [0.25, 0.3) is 0 Å². The minimum absolute atomic E-state index is 0.377. The Hall–Kier alpha value is 0.289. The quantitative estimate of drug-likeness (QED) is 0.596. The maximum absolute atomic E-state index is 9.29. The molecule has 4 heteroatoms. The average molecular weight is 256 g/mol. The third-order valence-electron chi connectivity index (χ3n) is 0.909. The van der Waals surface area contributed by atoms with Crippen molar-refractivity contribution in [3.63, 3.8) is 0 Å². The van der Waals surface area contributed by atoms with Gasteiger partial charge in [-0.1, -0.05) is 0 Å². The molecule has 0 saturated heterocycles. The maximum atomic E-state index is 9.29. The molecule has 0 atom stereocenters. The van der Waals surface area contributed by atoms with Crippen molar-refractivity contribution in [2.24, 2.45) is 0 Å². The second-order valence-corrected chi connectivity index (χ2v) is 4.73.